The molecular weight excluding hydrogens is 313 g/mol. The van der Waals surface area contributed by atoms with E-state index in [0.29, 0.717) is 13.2 Å². The minimum Gasteiger partial charge on any atom is -0.468 e. The van der Waals surface area contributed by atoms with Crippen LogP contribution in [0.4, 0.5) is 4.39 Å². The van der Waals surface area contributed by atoms with Crippen LogP contribution in [0.15, 0.2) is 28.9 Å². The summed E-state index contributed by atoms with van der Waals surface area (Å²) in [6, 6.07) is 5.00. The van der Waals surface area contributed by atoms with Crippen molar-refractivity contribution in [2.24, 2.45) is 0 Å². The van der Waals surface area contributed by atoms with Crippen LogP contribution in [0.3, 0.4) is 0 Å². The van der Waals surface area contributed by atoms with Crippen LogP contribution in [0.2, 0.25) is 0 Å². The molecule has 0 amide bonds. The Labute approximate surface area is 139 Å². The number of rotatable bonds is 4. The number of hydrogen-bond acceptors (Lipinski definition) is 6. The van der Waals surface area contributed by atoms with Crippen molar-refractivity contribution in [3.63, 3.8) is 0 Å². The van der Waals surface area contributed by atoms with E-state index in [1.165, 1.54) is 12.3 Å². The Balaban J connectivity index is 1.54. The first-order valence-electron chi connectivity index (χ1n) is 8.26. The van der Waals surface area contributed by atoms with Crippen LogP contribution in [0.1, 0.15) is 24.3 Å². The molecule has 0 aromatic carbocycles. The Bertz CT molecular complexity index is 708. The van der Waals surface area contributed by atoms with E-state index in [2.05, 4.69) is 15.0 Å². The van der Waals surface area contributed by atoms with Crippen molar-refractivity contribution in [1.29, 1.82) is 0 Å². The van der Waals surface area contributed by atoms with Gasteiger partial charge in [0.25, 0.3) is 5.88 Å². The molecule has 2 aromatic heterocycles. The third-order valence-corrected chi connectivity index (χ3v) is 4.69. The largest absolute Gasteiger partial charge is 0.468 e. The lowest BCUT2D eigenvalue weighted by molar-refractivity contribution is 0.000121. The zero-order chi connectivity index (χ0) is 16.5. The second kappa shape index (κ2) is 6.49. The van der Waals surface area contributed by atoms with Gasteiger partial charge in [-0.3, -0.25) is 4.90 Å². The fraction of sp³-hybridized carbons (Fsp3) is 0.529. The van der Waals surface area contributed by atoms with Crippen molar-refractivity contribution in [1.82, 2.24) is 15.0 Å². The number of halogens is 1. The van der Waals surface area contributed by atoms with E-state index in [1.54, 1.807) is 6.07 Å². The summed E-state index contributed by atoms with van der Waals surface area (Å²) in [5.41, 5.74) is 0.889. The second-order valence-electron chi connectivity index (χ2n) is 6.33. The summed E-state index contributed by atoms with van der Waals surface area (Å²) >= 11 is 0. The molecule has 2 fully saturated rings. The van der Waals surface area contributed by atoms with Gasteiger partial charge in [-0.1, -0.05) is 5.16 Å². The number of nitrogens with zero attached hydrogens (tertiary/aromatic N) is 3. The molecule has 1 aliphatic heterocycles. The Morgan fingerprint density at radius 1 is 1.42 bits per heavy atom. The third kappa shape index (κ3) is 3.01. The van der Waals surface area contributed by atoms with Crippen LogP contribution < -0.4 is 4.74 Å². The fourth-order valence-electron chi connectivity index (χ4n) is 3.61. The molecule has 6 nitrogen and oxygen atoms in total. The van der Waals surface area contributed by atoms with Crippen LogP contribution >= 0.6 is 0 Å². The summed E-state index contributed by atoms with van der Waals surface area (Å²) in [4.78, 5) is 6.30. The first-order chi connectivity index (χ1) is 11.7. The van der Waals surface area contributed by atoms with E-state index in [9.17, 15) is 4.39 Å². The van der Waals surface area contributed by atoms with Crippen molar-refractivity contribution in [2.45, 2.75) is 44.6 Å². The highest BCUT2D eigenvalue weighted by atomic mass is 19.1. The van der Waals surface area contributed by atoms with Crippen molar-refractivity contribution < 1.29 is 18.4 Å². The van der Waals surface area contributed by atoms with Gasteiger partial charge in [0.2, 0.25) is 0 Å². The fourth-order valence-corrected chi connectivity index (χ4v) is 3.61. The Hall–Kier alpha value is -1.99. The first-order valence-corrected chi connectivity index (χ1v) is 8.26. The molecule has 1 saturated heterocycles. The number of aryl methyl sites for hydroxylation is 1. The number of pyridine rings is 1. The summed E-state index contributed by atoms with van der Waals surface area (Å²) in [7, 11) is 0. The molecule has 128 valence electrons. The van der Waals surface area contributed by atoms with E-state index >= 15 is 0 Å². The molecule has 3 atom stereocenters. The average Bonchev–Trinajstić information content (AvgIpc) is 3.09. The number of fused-ring (bicyclic) bond motifs is 2. The highest BCUT2D eigenvalue weighted by Gasteiger charge is 2.44. The Morgan fingerprint density at radius 2 is 2.33 bits per heavy atom. The van der Waals surface area contributed by atoms with Crippen molar-refractivity contribution in [2.75, 3.05) is 13.2 Å². The zero-order valence-electron chi connectivity index (χ0n) is 13.5. The van der Waals surface area contributed by atoms with Crippen LogP contribution in [0, 0.1) is 12.7 Å². The van der Waals surface area contributed by atoms with Gasteiger partial charge in [0.1, 0.15) is 11.9 Å². The Morgan fingerprint density at radius 3 is 3.12 bits per heavy atom. The SMILES string of the molecule is Cc1cc(CN2CCO[C@H]3CC[C@H]2[C@@H]3Oc2ncccc2F)no1. The maximum absolute atomic E-state index is 13.9. The molecule has 3 heterocycles. The summed E-state index contributed by atoms with van der Waals surface area (Å²) < 4.78 is 30.9. The van der Waals surface area contributed by atoms with Gasteiger partial charge in [-0.2, -0.15) is 0 Å². The van der Waals surface area contributed by atoms with Gasteiger partial charge in [-0.15, -0.1) is 0 Å². The maximum atomic E-state index is 13.9. The maximum Gasteiger partial charge on any atom is 0.250 e. The zero-order valence-corrected chi connectivity index (χ0v) is 13.5. The van der Waals surface area contributed by atoms with Gasteiger partial charge in [0, 0.05) is 31.4 Å². The summed E-state index contributed by atoms with van der Waals surface area (Å²) in [6.45, 7) is 3.96. The van der Waals surface area contributed by atoms with E-state index in [1.807, 2.05) is 13.0 Å². The summed E-state index contributed by atoms with van der Waals surface area (Å²) in [6.07, 6.45) is 3.12. The average molecular weight is 333 g/mol. The molecule has 0 N–H and O–H groups in total. The van der Waals surface area contributed by atoms with Gasteiger partial charge in [0.15, 0.2) is 5.82 Å². The molecule has 4 rings (SSSR count). The second-order valence-corrected chi connectivity index (χ2v) is 6.33. The van der Waals surface area contributed by atoms with Gasteiger partial charge < -0.3 is 14.0 Å². The van der Waals surface area contributed by atoms with Crippen molar-refractivity contribution >= 4 is 0 Å². The molecule has 2 bridgehead atoms. The molecule has 1 aliphatic carbocycles. The van der Waals surface area contributed by atoms with Gasteiger partial charge >= 0.3 is 0 Å². The first kappa shape index (κ1) is 15.5. The topological polar surface area (TPSA) is 60.6 Å². The highest BCUT2D eigenvalue weighted by Crippen LogP contribution is 2.33. The number of ether oxygens (including phenoxy) is 2. The van der Waals surface area contributed by atoms with Gasteiger partial charge in [0.05, 0.1) is 18.4 Å². The standard InChI is InChI=1S/C17H20FN3O3/c1-11-9-12(20-24-11)10-21-7-8-22-15-5-4-14(21)16(15)23-17-13(18)3-2-6-19-17/h2-3,6,9,14-16H,4-5,7-8,10H2,1H3/t14-,15-,16-/m0/s1. The number of aromatic nitrogens is 2. The van der Waals surface area contributed by atoms with Crippen molar-refractivity contribution in [3.8, 4) is 5.88 Å². The molecule has 0 spiro atoms. The monoisotopic (exact) mass is 333 g/mol. The highest BCUT2D eigenvalue weighted by molar-refractivity contribution is 5.15. The quantitative estimate of drug-likeness (QED) is 0.856. The minimum atomic E-state index is -0.445. The molecular formula is C17H20FN3O3. The lowest BCUT2D eigenvalue weighted by Crippen LogP contribution is -2.44. The van der Waals surface area contributed by atoms with Crippen LogP contribution in [-0.4, -0.2) is 46.4 Å². The summed E-state index contributed by atoms with van der Waals surface area (Å²) in [5, 5.41) is 4.08. The molecule has 0 radical (unpaired) electrons. The van der Waals surface area contributed by atoms with Crippen molar-refractivity contribution in [3.05, 3.63) is 41.7 Å². The van der Waals surface area contributed by atoms with Gasteiger partial charge in [-0.25, -0.2) is 9.37 Å². The lowest BCUT2D eigenvalue weighted by atomic mass is 10.1. The van der Waals surface area contributed by atoms with Crippen LogP contribution in [0.25, 0.3) is 0 Å². The minimum absolute atomic E-state index is 0.0274. The van der Waals surface area contributed by atoms with E-state index in [-0.39, 0.29) is 24.1 Å². The van der Waals surface area contributed by atoms with Gasteiger partial charge in [-0.05, 0) is 31.9 Å². The predicted molar refractivity (Wildman–Crippen MR) is 83.0 cm³/mol. The normalized spacial score (nSPS) is 27.2. The molecule has 7 heteroatoms. The molecule has 2 aliphatic rings. The van der Waals surface area contributed by atoms with Crippen LogP contribution in [-0.2, 0) is 11.3 Å². The molecule has 24 heavy (non-hydrogen) atoms. The summed E-state index contributed by atoms with van der Waals surface area (Å²) in [5.74, 6) is 0.394. The van der Waals surface area contributed by atoms with E-state index in [0.717, 1.165) is 30.8 Å². The van der Waals surface area contributed by atoms with E-state index in [4.69, 9.17) is 14.0 Å². The number of hydrogen-bond donors (Lipinski definition) is 0. The lowest BCUT2D eigenvalue weighted by Gasteiger charge is -2.30. The smallest absolute Gasteiger partial charge is 0.250 e. The third-order valence-electron chi connectivity index (χ3n) is 4.69. The molecule has 1 saturated carbocycles. The Kier molecular flexibility index (Phi) is 4.20. The molecule has 0 unspecified atom stereocenters. The van der Waals surface area contributed by atoms with E-state index < -0.39 is 5.82 Å². The predicted octanol–water partition coefficient (Wildman–Crippen LogP) is 2.33. The molecule has 2 aromatic rings. The van der Waals surface area contributed by atoms with Crippen LogP contribution in [0.5, 0.6) is 5.88 Å².